The van der Waals surface area contributed by atoms with Gasteiger partial charge >= 0.3 is 5.97 Å². The number of thiazole rings is 1. The molecule has 0 amide bonds. The molecule has 0 aliphatic heterocycles. The number of rotatable bonds is 4. The Hall–Kier alpha value is -1.62. The molecule has 0 aliphatic rings. The van der Waals surface area contributed by atoms with Crippen molar-refractivity contribution in [2.24, 2.45) is 0 Å². The Morgan fingerprint density at radius 1 is 1.50 bits per heavy atom. The average molecular weight is 265 g/mol. The van der Waals surface area contributed by atoms with E-state index in [9.17, 15) is 9.90 Å². The maximum absolute atomic E-state index is 11.2. The Labute approximate surface area is 109 Å². The highest BCUT2D eigenvalue weighted by molar-refractivity contribution is 7.15. The lowest BCUT2D eigenvalue weighted by atomic mass is 10.2. The van der Waals surface area contributed by atoms with Crippen LogP contribution in [0.1, 0.15) is 47.9 Å². The molecule has 1 N–H and O–H groups in total. The number of aromatic carboxylic acids is 1. The van der Waals surface area contributed by atoms with Crippen molar-refractivity contribution >= 4 is 17.3 Å². The summed E-state index contributed by atoms with van der Waals surface area (Å²) in [5.41, 5.74) is 0.0840. The molecule has 0 aliphatic carbocycles. The van der Waals surface area contributed by atoms with Gasteiger partial charge in [-0.1, -0.05) is 20.8 Å². The first-order valence-electron chi connectivity index (χ1n) is 5.86. The summed E-state index contributed by atoms with van der Waals surface area (Å²) >= 11 is 1.39. The van der Waals surface area contributed by atoms with Crippen LogP contribution in [-0.2, 0) is 6.42 Å². The molecule has 0 atom stereocenters. The second-order valence-corrected chi connectivity index (χ2v) is 5.34. The summed E-state index contributed by atoms with van der Waals surface area (Å²) in [5.74, 6) is 0.638. The Balaban J connectivity index is 2.51. The third kappa shape index (κ3) is 2.31. The molecule has 0 spiro atoms. The summed E-state index contributed by atoms with van der Waals surface area (Å²) in [6.45, 7) is 5.98. The van der Waals surface area contributed by atoms with Gasteiger partial charge in [0.1, 0.15) is 16.4 Å². The van der Waals surface area contributed by atoms with Crippen LogP contribution in [0.5, 0.6) is 0 Å². The SMILES string of the molecule is CCc1ccc(-c2sc(C(C)C)nc2C(=O)O)o1. The molecule has 0 radical (unpaired) electrons. The summed E-state index contributed by atoms with van der Waals surface area (Å²) < 4.78 is 5.61. The molecular formula is C13H15NO3S. The molecule has 0 bridgehead atoms. The van der Waals surface area contributed by atoms with Gasteiger partial charge < -0.3 is 9.52 Å². The van der Waals surface area contributed by atoms with Gasteiger partial charge in [0.05, 0.1) is 5.01 Å². The van der Waals surface area contributed by atoms with Crippen molar-refractivity contribution in [3.8, 4) is 10.6 Å². The topological polar surface area (TPSA) is 63.3 Å². The minimum atomic E-state index is -1.01. The van der Waals surface area contributed by atoms with Gasteiger partial charge in [0.2, 0.25) is 0 Å². The minimum absolute atomic E-state index is 0.0840. The first kappa shape index (κ1) is 12.8. The molecule has 2 rings (SSSR count). The molecule has 0 fully saturated rings. The monoisotopic (exact) mass is 265 g/mol. The first-order valence-corrected chi connectivity index (χ1v) is 6.67. The fourth-order valence-electron chi connectivity index (χ4n) is 1.59. The number of carbonyl (C=O) groups is 1. The predicted molar refractivity (Wildman–Crippen MR) is 70.2 cm³/mol. The van der Waals surface area contributed by atoms with E-state index in [1.807, 2.05) is 32.9 Å². The third-order valence-electron chi connectivity index (χ3n) is 2.57. The molecule has 18 heavy (non-hydrogen) atoms. The van der Waals surface area contributed by atoms with Crippen LogP contribution in [0, 0.1) is 0 Å². The second kappa shape index (κ2) is 4.94. The van der Waals surface area contributed by atoms with Crippen LogP contribution in [0.25, 0.3) is 10.6 Å². The molecule has 2 heterocycles. The van der Waals surface area contributed by atoms with Crippen molar-refractivity contribution in [3.63, 3.8) is 0 Å². The quantitative estimate of drug-likeness (QED) is 0.913. The Morgan fingerprint density at radius 3 is 2.72 bits per heavy atom. The normalized spacial score (nSPS) is 11.1. The summed E-state index contributed by atoms with van der Waals surface area (Å²) in [6.07, 6.45) is 0.790. The van der Waals surface area contributed by atoms with E-state index >= 15 is 0 Å². The van der Waals surface area contributed by atoms with Crippen molar-refractivity contribution in [1.82, 2.24) is 4.98 Å². The number of hydrogen-bond acceptors (Lipinski definition) is 4. The van der Waals surface area contributed by atoms with Crippen molar-refractivity contribution in [1.29, 1.82) is 0 Å². The van der Waals surface area contributed by atoms with E-state index in [0.717, 1.165) is 17.2 Å². The molecular weight excluding hydrogens is 250 g/mol. The standard InChI is InChI=1S/C13H15NO3S/c1-4-8-5-6-9(17-8)11-10(13(15)16)14-12(18-11)7(2)3/h5-7H,4H2,1-3H3,(H,15,16). The van der Waals surface area contributed by atoms with E-state index in [2.05, 4.69) is 4.98 Å². The van der Waals surface area contributed by atoms with Crippen LogP contribution in [-0.4, -0.2) is 16.1 Å². The van der Waals surface area contributed by atoms with Crippen LogP contribution < -0.4 is 0 Å². The number of nitrogens with zero attached hydrogens (tertiary/aromatic N) is 1. The van der Waals surface area contributed by atoms with E-state index in [1.54, 1.807) is 0 Å². The molecule has 0 unspecified atom stereocenters. The van der Waals surface area contributed by atoms with Gasteiger partial charge in [0, 0.05) is 12.3 Å². The zero-order valence-electron chi connectivity index (χ0n) is 10.6. The van der Waals surface area contributed by atoms with Gasteiger partial charge in [0.25, 0.3) is 0 Å². The Morgan fingerprint density at radius 2 is 2.22 bits per heavy atom. The zero-order chi connectivity index (χ0) is 13.3. The minimum Gasteiger partial charge on any atom is -0.476 e. The van der Waals surface area contributed by atoms with E-state index in [-0.39, 0.29) is 11.6 Å². The van der Waals surface area contributed by atoms with Gasteiger partial charge in [-0.15, -0.1) is 11.3 Å². The van der Waals surface area contributed by atoms with Gasteiger partial charge in [-0.25, -0.2) is 9.78 Å². The van der Waals surface area contributed by atoms with Gasteiger partial charge in [-0.05, 0) is 12.1 Å². The molecule has 0 aromatic carbocycles. The van der Waals surface area contributed by atoms with Crippen LogP contribution >= 0.6 is 11.3 Å². The fraction of sp³-hybridized carbons (Fsp3) is 0.385. The zero-order valence-corrected chi connectivity index (χ0v) is 11.4. The lowest BCUT2D eigenvalue weighted by molar-refractivity contribution is 0.0691. The van der Waals surface area contributed by atoms with Crippen molar-refractivity contribution < 1.29 is 14.3 Å². The van der Waals surface area contributed by atoms with Crippen LogP contribution in [0.2, 0.25) is 0 Å². The van der Waals surface area contributed by atoms with Crippen molar-refractivity contribution in [2.45, 2.75) is 33.1 Å². The Kier molecular flexibility index (Phi) is 3.52. The highest BCUT2D eigenvalue weighted by Crippen LogP contribution is 2.34. The molecule has 96 valence electrons. The summed E-state index contributed by atoms with van der Waals surface area (Å²) in [6, 6.07) is 3.68. The van der Waals surface area contributed by atoms with E-state index in [0.29, 0.717) is 10.6 Å². The van der Waals surface area contributed by atoms with Gasteiger partial charge in [0.15, 0.2) is 5.69 Å². The molecule has 0 saturated carbocycles. The molecule has 4 nitrogen and oxygen atoms in total. The first-order chi connectivity index (χ1) is 8.52. The molecule has 0 saturated heterocycles. The summed E-state index contributed by atoms with van der Waals surface area (Å²) in [7, 11) is 0. The van der Waals surface area contributed by atoms with Crippen LogP contribution in [0.3, 0.4) is 0 Å². The van der Waals surface area contributed by atoms with Gasteiger partial charge in [-0.3, -0.25) is 0 Å². The molecule has 5 heteroatoms. The molecule has 2 aromatic rings. The smallest absolute Gasteiger partial charge is 0.356 e. The maximum atomic E-state index is 11.2. The average Bonchev–Trinajstić information content (AvgIpc) is 2.95. The van der Waals surface area contributed by atoms with E-state index < -0.39 is 5.97 Å². The fourth-order valence-corrected chi connectivity index (χ4v) is 2.61. The Bertz CT molecular complexity index is 569. The van der Waals surface area contributed by atoms with Crippen LogP contribution in [0.15, 0.2) is 16.5 Å². The predicted octanol–water partition coefficient (Wildman–Crippen LogP) is 3.79. The highest BCUT2D eigenvalue weighted by Gasteiger charge is 2.22. The number of furan rings is 1. The lowest BCUT2D eigenvalue weighted by Gasteiger charge is -1.95. The second-order valence-electron chi connectivity index (χ2n) is 4.31. The van der Waals surface area contributed by atoms with Gasteiger partial charge in [-0.2, -0.15) is 0 Å². The molecule has 2 aromatic heterocycles. The third-order valence-corrected chi connectivity index (χ3v) is 3.94. The largest absolute Gasteiger partial charge is 0.476 e. The maximum Gasteiger partial charge on any atom is 0.356 e. The summed E-state index contributed by atoms with van der Waals surface area (Å²) in [5, 5.41) is 10.0. The van der Waals surface area contributed by atoms with E-state index in [4.69, 9.17) is 4.42 Å². The number of hydrogen-bond donors (Lipinski definition) is 1. The summed E-state index contributed by atoms with van der Waals surface area (Å²) in [4.78, 5) is 16.0. The van der Waals surface area contributed by atoms with Crippen molar-refractivity contribution in [3.05, 3.63) is 28.6 Å². The van der Waals surface area contributed by atoms with E-state index in [1.165, 1.54) is 11.3 Å². The lowest BCUT2D eigenvalue weighted by Crippen LogP contribution is -1.99. The number of aryl methyl sites for hydroxylation is 1. The number of carboxylic acid groups (broad SMARTS) is 1. The number of aromatic nitrogens is 1. The highest BCUT2D eigenvalue weighted by atomic mass is 32.1. The number of carboxylic acids is 1. The van der Waals surface area contributed by atoms with Crippen molar-refractivity contribution in [2.75, 3.05) is 0 Å². The van der Waals surface area contributed by atoms with Crippen LogP contribution in [0.4, 0.5) is 0 Å².